The quantitative estimate of drug-likeness (QED) is 0.215. The van der Waals surface area contributed by atoms with Gasteiger partial charge in [-0.2, -0.15) is 9.97 Å². The lowest BCUT2D eigenvalue weighted by molar-refractivity contribution is -0.137. The molecule has 1 amide bonds. The van der Waals surface area contributed by atoms with Gasteiger partial charge in [-0.05, 0) is 30.9 Å². The number of benzene rings is 1. The molecule has 0 bridgehead atoms. The van der Waals surface area contributed by atoms with Crippen molar-refractivity contribution in [2.24, 2.45) is 11.5 Å². The van der Waals surface area contributed by atoms with Gasteiger partial charge in [0.1, 0.15) is 5.52 Å². The van der Waals surface area contributed by atoms with Crippen LogP contribution in [-0.2, 0) is 27.2 Å². The number of carbonyl (C=O) groups excluding carboxylic acids is 1. The number of amides is 1. The summed E-state index contributed by atoms with van der Waals surface area (Å²) in [6, 6.07) is 6.44. The Kier molecular flexibility index (Phi) is 7.62. The fraction of sp³-hybridized carbons (Fsp3) is 0.435. The number of hydrogen-bond donors (Lipinski definition) is 6. The van der Waals surface area contributed by atoms with E-state index in [2.05, 4.69) is 25.6 Å². The summed E-state index contributed by atoms with van der Waals surface area (Å²) in [6.07, 6.45) is 1.16. The van der Waals surface area contributed by atoms with Gasteiger partial charge in [0, 0.05) is 19.5 Å². The molecule has 1 aliphatic rings. The number of aryl methyl sites for hydroxylation is 1. The van der Waals surface area contributed by atoms with Crippen LogP contribution < -0.4 is 27.8 Å². The van der Waals surface area contributed by atoms with Crippen LogP contribution in [0.5, 0.6) is 0 Å². The van der Waals surface area contributed by atoms with Gasteiger partial charge in [-0.3, -0.25) is 14.2 Å². The first kappa shape index (κ1) is 25.3. The van der Waals surface area contributed by atoms with Crippen LogP contribution in [0, 0.1) is 0 Å². The van der Waals surface area contributed by atoms with Crippen molar-refractivity contribution in [3.63, 3.8) is 0 Å². The number of hydrogen-bond acceptors (Lipinski definition) is 10. The number of nitrogens with two attached hydrogens (primary N) is 3. The number of carboxylic acid groups (broad SMARTS) is 1. The number of fused-ring (bicyclic) bond motifs is 1. The van der Waals surface area contributed by atoms with Gasteiger partial charge < -0.3 is 37.7 Å². The maximum Gasteiger partial charge on any atom is 0.303 e. The van der Waals surface area contributed by atoms with Crippen LogP contribution >= 0.6 is 0 Å². The summed E-state index contributed by atoms with van der Waals surface area (Å²) in [5.74, 6) is -0.623. The minimum atomic E-state index is -0.894. The Hall–Kier alpha value is -3.81. The number of nitrogen functional groups attached to an aromatic ring is 1. The molecule has 4 atom stereocenters. The molecule has 192 valence electrons. The highest BCUT2D eigenvalue weighted by molar-refractivity contribution is 5.84. The standard InChI is InChI=1S/C23H31N9O4/c1-2-27-21(35)18-15(24)16(25)22(36-18)32-11-29-17-19(26)30-23(31-20(17)32)28-10-9-13-5-3-12(4-6-13)7-8-14(33)34/h3-6,11,15-16,18,22H,2,7-10,24-25H2,1H3,(H,27,35)(H,33,34)(H3,26,28,30,31)/t15?,16?,18-,22+/m0/s1. The highest BCUT2D eigenvalue weighted by Gasteiger charge is 2.45. The summed E-state index contributed by atoms with van der Waals surface area (Å²) in [5, 5.41) is 14.7. The predicted molar refractivity (Wildman–Crippen MR) is 133 cm³/mol. The normalized spacial score (nSPS) is 21.5. The number of carboxylic acids is 1. The van der Waals surface area contributed by atoms with Crippen molar-refractivity contribution in [3.8, 4) is 0 Å². The lowest BCUT2D eigenvalue weighted by Gasteiger charge is -2.18. The lowest BCUT2D eigenvalue weighted by Crippen LogP contribution is -2.50. The molecule has 36 heavy (non-hydrogen) atoms. The molecule has 13 nitrogen and oxygen atoms in total. The van der Waals surface area contributed by atoms with E-state index in [1.807, 2.05) is 31.2 Å². The second-order valence-corrected chi connectivity index (χ2v) is 8.64. The van der Waals surface area contributed by atoms with E-state index in [4.69, 9.17) is 27.0 Å². The molecule has 0 saturated carbocycles. The molecule has 0 aliphatic carbocycles. The number of imidazole rings is 1. The summed E-state index contributed by atoms with van der Waals surface area (Å²) in [7, 11) is 0. The molecule has 0 radical (unpaired) electrons. The Morgan fingerprint density at radius 2 is 1.81 bits per heavy atom. The van der Waals surface area contributed by atoms with E-state index < -0.39 is 30.4 Å². The van der Waals surface area contributed by atoms with Crippen LogP contribution in [0.3, 0.4) is 0 Å². The Morgan fingerprint density at radius 3 is 2.47 bits per heavy atom. The van der Waals surface area contributed by atoms with Gasteiger partial charge in [0.15, 0.2) is 23.8 Å². The van der Waals surface area contributed by atoms with Gasteiger partial charge in [0.05, 0.1) is 18.4 Å². The number of nitrogens with zero attached hydrogens (tertiary/aromatic N) is 4. The number of carbonyl (C=O) groups is 2. The molecule has 4 rings (SSSR count). The molecule has 3 aromatic rings. The number of ether oxygens (including phenoxy) is 1. The van der Waals surface area contributed by atoms with Gasteiger partial charge in [-0.25, -0.2) is 4.98 Å². The molecule has 13 heteroatoms. The van der Waals surface area contributed by atoms with Crippen LogP contribution in [-0.4, -0.2) is 67.8 Å². The minimum Gasteiger partial charge on any atom is -0.481 e. The maximum atomic E-state index is 12.3. The Balaban J connectivity index is 1.45. The Bertz CT molecular complexity index is 1230. The van der Waals surface area contributed by atoms with Gasteiger partial charge >= 0.3 is 5.97 Å². The van der Waals surface area contributed by atoms with Gasteiger partial charge in [-0.15, -0.1) is 0 Å². The van der Waals surface area contributed by atoms with Gasteiger partial charge in [0.25, 0.3) is 5.91 Å². The van der Waals surface area contributed by atoms with E-state index >= 15 is 0 Å². The third-order valence-electron chi connectivity index (χ3n) is 6.09. The van der Waals surface area contributed by atoms with Crippen LogP contribution in [0.2, 0.25) is 0 Å². The number of likely N-dealkylation sites (N-methyl/N-ethyl adjacent to an activating group) is 1. The van der Waals surface area contributed by atoms with Gasteiger partial charge in [0.2, 0.25) is 5.95 Å². The van der Waals surface area contributed by atoms with E-state index in [9.17, 15) is 9.59 Å². The van der Waals surface area contributed by atoms with Gasteiger partial charge in [-0.1, -0.05) is 24.3 Å². The topological polar surface area (TPSA) is 209 Å². The second-order valence-electron chi connectivity index (χ2n) is 8.64. The first-order chi connectivity index (χ1) is 17.3. The monoisotopic (exact) mass is 497 g/mol. The molecule has 3 heterocycles. The van der Waals surface area contributed by atoms with Crippen LogP contribution in [0.4, 0.5) is 11.8 Å². The van der Waals surface area contributed by atoms with Crippen molar-refractivity contribution in [2.75, 3.05) is 24.1 Å². The number of aromatic nitrogens is 4. The highest BCUT2D eigenvalue weighted by atomic mass is 16.5. The largest absolute Gasteiger partial charge is 0.481 e. The highest BCUT2D eigenvalue weighted by Crippen LogP contribution is 2.30. The molecule has 1 aliphatic heterocycles. The summed E-state index contributed by atoms with van der Waals surface area (Å²) in [5.41, 5.74) is 21.5. The third kappa shape index (κ3) is 5.37. The summed E-state index contributed by atoms with van der Waals surface area (Å²) >= 11 is 0. The minimum absolute atomic E-state index is 0.105. The second kappa shape index (κ2) is 10.8. The zero-order chi connectivity index (χ0) is 25.8. The van der Waals surface area contributed by atoms with E-state index in [-0.39, 0.29) is 18.1 Å². The molecule has 2 aromatic heterocycles. The number of anilines is 2. The SMILES string of the molecule is CCNC(=O)[C@H]1O[C@@H](n2cnc3c(N)nc(NCCc4ccc(CCC(=O)O)cc4)nc32)C(N)C1N. The van der Waals surface area contributed by atoms with Crippen molar-refractivity contribution in [2.45, 2.75) is 50.6 Å². The third-order valence-corrected chi connectivity index (χ3v) is 6.09. The average Bonchev–Trinajstić information content (AvgIpc) is 3.40. The molecule has 1 saturated heterocycles. The Labute approximate surface area is 207 Å². The average molecular weight is 498 g/mol. The van der Waals surface area contributed by atoms with E-state index in [0.717, 1.165) is 11.1 Å². The van der Waals surface area contributed by atoms with Crippen molar-refractivity contribution in [3.05, 3.63) is 41.7 Å². The summed E-state index contributed by atoms with van der Waals surface area (Å²) in [4.78, 5) is 36.2. The smallest absolute Gasteiger partial charge is 0.303 e. The van der Waals surface area contributed by atoms with Crippen LogP contribution in [0.1, 0.15) is 30.7 Å². The van der Waals surface area contributed by atoms with Crippen molar-refractivity contribution >= 4 is 34.8 Å². The van der Waals surface area contributed by atoms with Crippen molar-refractivity contribution in [1.29, 1.82) is 0 Å². The molecule has 0 spiro atoms. The molecule has 1 fully saturated rings. The van der Waals surface area contributed by atoms with Crippen molar-refractivity contribution < 1.29 is 19.4 Å². The van der Waals surface area contributed by atoms with E-state index in [1.165, 1.54) is 6.33 Å². The number of rotatable bonds is 10. The number of nitrogens with one attached hydrogen (secondary N) is 2. The number of aliphatic carboxylic acids is 1. The fourth-order valence-corrected chi connectivity index (χ4v) is 4.13. The molecular formula is C23H31N9O4. The zero-order valence-electron chi connectivity index (χ0n) is 19.9. The summed E-state index contributed by atoms with van der Waals surface area (Å²) < 4.78 is 7.54. The van der Waals surface area contributed by atoms with E-state index in [0.29, 0.717) is 43.0 Å². The molecular weight excluding hydrogens is 466 g/mol. The zero-order valence-corrected chi connectivity index (χ0v) is 19.9. The van der Waals surface area contributed by atoms with Crippen molar-refractivity contribution in [1.82, 2.24) is 24.8 Å². The van der Waals surface area contributed by atoms with Crippen LogP contribution in [0.25, 0.3) is 11.2 Å². The van der Waals surface area contributed by atoms with Crippen LogP contribution in [0.15, 0.2) is 30.6 Å². The lowest BCUT2D eigenvalue weighted by atomic mass is 10.1. The first-order valence-corrected chi connectivity index (χ1v) is 11.8. The summed E-state index contributed by atoms with van der Waals surface area (Å²) in [6.45, 7) is 2.80. The fourth-order valence-electron chi connectivity index (χ4n) is 4.13. The Morgan fingerprint density at radius 1 is 1.11 bits per heavy atom. The first-order valence-electron chi connectivity index (χ1n) is 11.8. The molecule has 2 unspecified atom stereocenters. The maximum absolute atomic E-state index is 12.3. The molecule has 1 aromatic carbocycles. The molecule has 9 N–H and O–H groups in total. The predicted octanol–water partition coefficient (Wildman–Crippen LogP) is -0.232. The van der Waals surface area contributed by atoms with E-state index in [1.54, 1.807) is 4.57 Å².